The summed E-state index contributed by atoms with van der Waals surface area (Å²) < 4.78 is 0. The Morgan fingerprint density at radius 2 is 2.31 bits per heavy atom. The number of aromatic nitrogens is 3. The van der Waals surface area contributed by atoms with Gasteiger partial charge in [-0.2, -0.15) is 5.10 Å². The van der Waals surface area contributed by atoms with Crippen LogP contribution in [-0.2, 0) is 6.42 Å². The summed E-state index contributed by atoms with van der Waals surface area (Å²) in [6.45, 7) is 3.59. The number of rotatable bonds is 4. The van der Waals surface area contributed by atoms with Crippen molar-refractivity contribution < 1.29 is 4.79 Å². The fourth-order valence-corrected chi connectivity index (χ4v) is 1.11. The normalized spacial score (nSPS) is 10.0. The second-order valence-corrected chi connectivity index (χ2v) is 2.92. The van der Waals surface area contributed by atoms with Gasteiger partial charge < -0.3 is 0 Å². The van der Waals surface area contributed by atoms with Gasteiger partial charge in [-0.05, 0) is 12.8 Å². The van der Waals surface area contributed by atoms with Crippen molar-refractivity contribution in [3.05, 3.63) is 17.7 Å². The van der Waals surface area contributed by atoms with Crippen molar-refractivity contribution >= 4 is 5.78 Å². The maximum atomic E-state index is 11.1. The maximum Gasteiger partial charge on any atom is 0.180 e. The van der Waals surface area contributed by atoms with Gasteiger partial charge in [-0.25, -0.2) is 4.98 Å². The van der Waals surface area contributed by atoms with E-state index >= 15 is 0 Å². The van der Waals surface area contributed by atoms with Crippen LogP contribution in [0.2, 0.25) is 0 Å². The number of carbonyl (C=O) groups excluding carboxylic acids is 1. The molecule has 4 nitrogen and oxygen atoms in total. The van der Waals surface area contributed by atoms with E-state index in [1.165, 1.54) is 13.3 Å². The van der Waals surface area contributed by atoms with Gasteiger partial charge in [0.05, 0.1) is 5.69 Å². The Bertz CT molecular complexity index is 299. The first-order chi connectivity index (χ1) is 6.25. The molecule has 0 N–H and O–H groups in total. The fourth-order valence-electron chi connectivity index (χ4n) is 1.11. The van der Waals surface area contributed by atoms with E-state index in [0.29, 0.717) is 5.69 Å². The predicted molar refractivity (Wildman–Crippen MR) is 48.4 cm³/mol. The lowest BCUT2D eigenvalue weighted by Gasteiger charge is -2.01. The molecule has 0 aliphatic heterocycles. The van der Waals surface area contributed by atoms with Gasteiger partial charge in [0.25, 0.3) is 0 Å². The third-order valence-corrected chi connectivity index (χ3v) is 1.79. The molecule has 0 atom stereocenters. The Kier molecular flexibility index (Phi) is 3.49. The van der Waals surface area contributed by atoms with Gasteiger partial charge in [0.1, 0.15) is 12.0 Å². The molecule has 70 valence electrons. The minimum Gasteiger partial charge on any atom is -0.293 e. The molecule has 0 aromatic carbocycles. The van der Waals surface area contributed by atoms with E-state index in [2.05, 4.69) is 22.1 Å². The second kappa shape index (κ2) is 4.64. The topological polar surface area (TPSA) is 55.7 Å². The van der Waals surface area contributed by atoms with Crippen molar-refractivity contribution in [2.45, 2.75) is 33.1 Å². The number of aryl methyl sites for hydroxylation is 1. The van der Waals surface area contributed by atoms with E-state index in [1.807, 2.05) is 0 Å². The molecule has 1 aromatic rings. The van der Waals surface area contributed by atoms with Crippen LogP contribution in [0.15, 0.2) is 6.33 Å². The van der Waals surface area contributed by atoms with Gasteiger partial charge in [-0.3, -0.25) is 4.79 Å². The minimum absolute atomic E-state index is 0.0407. The molecular formula is C9H13N3O. The Balaban J connectivity index is 2.84. The molecular weight excluding hydrogens is 166 g/mol. The highest BCUT2D eigenvalue weighted by Gasteiger charge is 2.09. The molecule has 0 amide bonds. The number of hydrogen-bond acceptors (Lipinski definition) is 4. The molecule has 0 aliphatic rings. The van der Waals surface area contributed by atoms with Gasteiger partial charge in [-0.15, -0.1) is 5.10 Å². The quantitative estimate of drug-likeness (QED) is 0.656. The van der Waals surface area contributed by atoms with Crippen LogP contribution in [0.1, 0.15) is 42.9 Å². The monoisotopic (exact) mass is 179 g/mol. The van der Waals surface area contributed by atoms with Crippen LogP contribution in [0.25, 0.3) is 0 Å². The zero-order chi connectivity index (χ0) is 9.68. The summed E-state index contributed by atoms with van der Waals surface area (Å²) in [5.41, 5.74) is 1.18. The number of ketones is 1. The van der Waals surface area contributed by atoms with Crippen molar-refractivity contribution in [3.63, 3.8) is 0 Å². The van der Waals surface area contributed by atoms with Crippen molar-refractivity contribution in [2.75, 3.05) is 0 Å². The van der Waals surface area contributed by atoms with Crippen LogP contribution >= 0.6 is 0 Å². The molecule has 0 saturated heterocycles. The zero-order valence-electron chi connectivity index (χ0n) is 7.95. The molecule has 1 rings (SSSR count). The Labute approximate surface area is 77.4 Å². The molecule has 0 aliphatic carbocycles. The van der Waals surface area contributed by atoms with E-state index in [1.54, 1.807) is 0 Å². The molecule has 4 heteroatoms. The number of unbranched alkanes of at least 4 members (excludes halogenated alkanes) is 1. The summed E-state index contributed by atoms with van der Waals surface area (Å²) in [4.78, 5) is 15.0. The van der Waals surface area contributed by atoms with Crippen molar-refractivity contribution in [2.24, 2.45) is 0 Å². The molecule has 0 saturated carbocycles. The van der Waals surface area contributed by atoms with Gasteiger partial charge in [0.2, 0.25) is 0 Å². The molecule has 0 fully saturated rings. The standard InChI is InChI=1S/C9H13N3O/c1-3-4-5-8-9(7(2)13)10-6-11-12-8/h6H,3-5H2,1-2H3. The van der Waals surface area contributed by atoms with E-state index in [-0.39, 0.29) is 5.78 Å². The third-order valence-electron chi connectivity index (χ3n) is 1.79. The Morgan fingerprint density at radius 1 is 1.54 bits per heavy atom. The van der Waals surface area contributed by atoms with Crippen molar-refractivity contribution in [1.29, 1.82) is 0 Å². The highest BCUT2D eigenvalue weighted by atomic mass is 16.1. The maximum absolute atomic E-state index is 11.1. The highest BCUT2D eigenvalue weighted by molar-refractivity contribution is 5.92. The van der Waals surface area contributed by atoms with E-state index in [0.717, 1.165) is 25.0 Å². The molecule has 1 heterocycles. The minimum atomic E-state index is -0.0407. The number of Topliss-reactive ketones (excluding diaryl/α,β-unsaturated/α-hetero) is 1. The number of hydrogen-bond donors (Lipinski definition) is 0. The number of nitrogens with zero attached hydrogens (tertiary/aromatic N) is 3. The van der Waals surface area contributed by atoms with Crippen molar-refractivity contribution in [1.82, 2.24) is 15.2 Å². The van der Waals surface area contributed by atoms with Crippen LogP contribution in [-0.4, -0.2) is 21.0 Å². The third kappa shape index (κ3) is 2.57. The van der Waals surface area contributed by atoms with Crippen LogP contribution in [0, 0.1) is 0 Å². The fraction of sp³-hybridized carbons (Fsp3) is 0.556. The Morgan fingerprint density at radius 3 is 2.92 bits per heavy atom. The summed E-state index contributed by atoms with van der Waals surface area (Å²) in [5.74, 6) is -0.0407. The average Bonchev–Trinajstić information content (AvgIpc) is 2.15. The van der Waals surface area contributed by atoms with Crippen LogP contribution in [0.3, 0.4) is 0 Å². The smallest absolute Gasteiger partial charge is 0.180 e. The summed E-state index contributed by atoms with van der Waals surface area (Å²) in [6.07, 6.45) is 4.19. The van der Waals surface area contributed by atoms with Gasteiger partial charge >= 0.3 is 0 Å². The first-order valence-electron chi connectivity index (χ1n) is 4.43. The summed E-state index contributed by atoms with van der Waals surface area (Å²) in [7, 11) is 0. The lowest BCUT2D eigenvalue weighted by molar-refractivity contribution is 0.101. The van der Waals surface area contributed by atoms with Crippen LogP contribution in [0.4, 0.5) is 0 Å². The largest absolute Gasteiger partial charge is 0.293 e. The zero-order valence-corrected chi connectivity index (χ0v) is 7.95. The number of carbonyl (C=O) groups is 1. The predicted octanol–water partition coefficient (Wildman–Crippen LogP) is 1.42. The van der Waals surface area contributed by atoms with Crippen LogP contribution < -0.4 is 0 Å². The van der Waals surface area contributed by atoms with Crippen LogP contribution in [0.5, 0.6) is 0 Å². The summed E-state index contributed by atoms with van der Waals surface area (Å²) >= 11 is 0. The SMILES string of the molecule is CCCCc1nncnc1C(C)=O. The molecule has 1 aromatic heterocycles. The van der Waals surface area contributed by atoms with Gasteiger partial charge in [-0.1, -0.05) is 13.3 Å². The van der Waals surface area contributed by atoms with E-state index in [9.17, 15) is 4.79 Å². The Hall–Kier alpha value is -1.32. The lowest BCUT2D eigenvalue weighted by atomic mass is 10.1. The van der Waals surface area contributed by atoms with E-state index < -0.39 is 0 Å². The first-order valence-corrected chi connectivity index (χ1v) is 4.43. The van der Waals surface area contributed by atoms with Gasteiger partial charge in [0, 0.05) is 6.92 Å². The van der Waals surface area contributed by atoms with Crippen molar-refractivity contribution in [3.8, 4) is 0 Å². The molecule has 13 heavy (non-hydrogen) atoms. The second-order valence-electron chi connectivity index (χ2n) is 2.92. The lowest BCUT2D eigenvalue weighted by Crippen LogP contribution is -2.07. The average molecular weight is 179 g/mol. The van der Waals surface area contributed by atoms with E-state index in [4.69, 9.17) is 0 Å². The molecule has 0 radical (unpaired) electrons. The summed E-state index contributed by atoms with van der Waals surface area (Å²) in [5, 5.41) is 7.57. The first kappa shape index (κ1) is 9.77. The van der Waals surface area contributed by atoms with Gasteiger partial charge in [0.15, 0.2) is 5.78 Å². The highest BCUT2D eigenvalue weighted by Crippen LogP contribution is 2.05. The molecule has 0 spiro atoms. The summed E-state index contributed by atoms with van der Waals surface area (Å²) in [6, 6.07) is 0. The molecule has 0 bridgehead atoms. The molecule has 0 unspecified atom stereocenters.